The fourth-order valence-corrected chi connectivity index (χ4v) is 1.64. The molecule has 0 amide bonds. The number of carboxylic acids is 1. The Bertz CT molecular complexity index is 505. The molecule has 0 spiro atoms. The van der Waals surface area contributed by atoms with Gasteiger partial charge in [0.2, 0.25) is 0 Å². The lowest BCUT2D eigenvalue weighted by atomic mass is 10.1. The largest absolute Gasteiger partial charge is 0.480 e. The van der Waals surface area contributed by atoms with E-state index in [1.54, 1.807) is 12.4 Å². The van der Waals surface area contributed by atoms with Crippen LogP contribution in [0.15, 0.2) is 41.1 Å². The van der Waals surface area contributed by atoms with E-state index in [4.69, 9.17) is 5.11 Å². The average molecular weight is 281 g/mol. The molecule has 0 unspecified atom stereocenters. The van der Waals surface area contributed by atoms with Gasteiger partial charge in [-0.1, -0.05) is 28.1 Å². The highest BCUT2D eigenvalue weighted by atomic mass is 79.9. The van der Waals surface area contributed by atoms with E-state index in [2.05, 4.69) is 21.0 Å². The Morgan fingerprint density at radius 3 is 2.62 bits per heavy atom. The molecule has 0 atom stereocenters. The Hall–Kier alpha value is -1.62. The van der Waals surface area contributed by atoms with Crippen LogP contribution in [0.5, 0.6) is 0 Å². The van der Waals surface area contributed by atoms with Crippen LogP contribution >= 0.6 is 15.9 Å². The summed E-state index contributed by atoms with van der Waals surface area (Å²) in [7, 11) is 0. The zero-order valence-corrected chi connectivity index (χ0v) is 9.89. The number of nitrogens with zero attached hydrogens (tertiary/aromatic N) is 2. The molecule has 2 rings (SSSR count). The minimum atomic E-state index is -0.898. The molecular weight excluding hydrogens is 272 g/mol. The average Bonchev–Trinajstić information content (AvgIpc) is 2.66. The van der Waals surface area contributed by atoms with E-state index in [0.717, 1.165) is 15.6 Å². The van der Waals surface area contributed by atoms with Crippen molar-refractivity contribution in [3.8, 4) is 11.1 Å². The summed E-state index contributed by atoms with van der Waals surface area (Å²) in [4.78, 5) is 10.5. The Balaban J connectivity index is 2.24. The van der Waals surface area contributed by atoms with E-state index in [1.807, 2.05) is 24.3 Å². The third kappa shape index (κ3) is 2.49. The number of aromatic nitrogens is 2. The van der Waals surface area contributed by atoms with E-state index < -0.39 is 5.97 Å². The molecule has 5 heteroatoms. The molecule has 0 aliphatic carbocycles. The zero-order valence-electron chi connectivity index (χ0n) is 8.30. The van der Waals surface area contributed by atoms with Crippen molar-refractivity contribution in [3.05, 3.63) is 41.1 Å². The SMILES string of the molecule is O=C(O)Cn1cc(-c2ccc(Br)cc2)cn1. The quantitative estimate of drug-likeness (QED) is 0.939. The van der Waals surface area contributed by atoms with Crippen molar-refractivity contribution in [1.29, 1.82) is 0 Å². The molecule has 0 aliphatic rings. The second-order valence-electron chi connectivity index (χ2n) is 3.33. The molecule has 16 heavy (non-hydrogen) atoms. The standard InChI is InChI=1S/C11H9BrN2O2/c12-10-3-1-8(2-4-10)9-5-13-14(6-9)7-11(15)16/h1-6H,7H2,(H,15,16). The van der Waals surface area contributed by atoms with Crippen molar-refractivity contribution < 1.29 is 9.90 Å². The van der Waals surface area contributed by atoms with Gasteiger partial charge in [0.15, 0.2) is 0 Å². The zero-order chi connectivity index (χ0) is 11.5. The number of hydrogen-bond acceptors (Lipinski definition) is 2. The van der Waals surface area contributed by atoms with Crippen LogP contribution in [0.2, 0.25) is 0 Å². The van der Waals surface area contributed by atoms with Gasteiger partial charge in [-0.15, -0.1) is 0 Å². The first-order valence-corrected chi connectivity index (χ1v) is 5.44. The number of carboxylic acid groups (broad SMARTS) is 1. The fourth-order valence-electron chi connectivity index (χ4n) is 1.38. The molecule has 1 N–H and O–H groups in total. The van der Waals surface area contributed by atoms with Gasteiger partial charge in [0.05, 0.1) is 6.20 Å². The maximum absolute atomic E-state index is 10.5. The highest BCUT2D eigenvalue weighted by Crippen LogP contribution is 2.20. The molecular formula is C11H9BrN2O2. The van der Waals surface area contributed by atoms with E-state index in [1.165, 1.54) is 4.68 Å². The van der Waals surface area contributed by atoms with Crippen LogP contribution in [0, 0.1) is 0 Å². The lowest BCUT2D eigenvalue weighted by Crippen LogP contribution is -2.08. The lowest BCUT2D eigenvalue weighted by molar-refractivity contribution is -0.137. The number of benzene rings is 1. The minimum absolute atomic E-state index is 0.115. The summed E-state index contributed by atoms with van der Waals surface area (Å²) < 4.78 is 2.41. The van der Waals surface area contributed by atoms with Gasteiger partial charge in [0.1, 0.15) is 6.54 Å². The summed E-state index contributed by atoms with van der Waals surface area (Å²) in [6.07, 6.45) is 3.38. The van der Waals surface area contributed by atoms with Gasteiger partial charge in [-0.05, 0) is 17.7 Å². The van der Waals surface area contributed by atoms with E-state index in [9.17, 15) is 4.79 Å². The lowest BCUT2D eigenvalue weighted by Gasteiger charge is -1.97. The number of halogens is 1. The van der Waals surface area contributed by atoms with Gasteiger partial charge in [0.25, 0.3) is 0 Å². The summed E-state index contributed by atoms with van der Waals surface area (Å²) >= 11 is 3.36. The van der Waals surface area contributed by atoms with Crippen LogP contribution in [0.4, 0.5) is 0 Å². The summed E-state index contributed by atoms with van der Waals surface area (Å²) in [6, 6.07) is 7.77. The molecule has 0 fully saturated rings. The number of carbonyl (C=O) groups is 1. The van der Waals surface area contributed by atoms with Crippen molar-refractivity contribution >= 4 is 21.9 Å². The molecule has 82 valence electrons. The first-order valence-electron chi connectivity index (χ1n) is 4.65. The van der Waals surface area contributed by atoms with Crippen molar-refractivity contribution in [3.63, 3.8) is 0 Å². The van der Waals surface area contributed by atoms with Crippen LogP contribution in [0.3, 0.4) is 0 Å². The third-order valence-corrected chi connectivity index (χ3v) is 2.64. The molecule has 1 aromatic heterocycles. The second-order valence-corrected chi connectivity index (χ2v) is 4.24. The van der Waals surface area contributed by atoms with Gasteiger partial charge in [-0.25, -0.2) is 0 Å². The molecule has 0 radical (unpaired) electrons. The maximum atomic E-state index is 10.5. The van der Waals surface area contributed by atoms with Gasteiger partial charge in [-0.2, -0.15) is 5.10 Å². The van der Waals surface area contributed by atoms with Crippen LogP contribution in [0.25, 0.3) is 11.1 Å². The Kier molecular flexibility index (Phi) is 3.05. The van der Waals surface area contributed by atoms with Gasteiger partial charge >= 0.3 is 5.97 Å². The molecule has 2 aromatic rings. The fraction of sp³-hybridized carbons (Fsp3) is 0.0909. The van der Waals surface area contributed by atoms with Gasteiger partial charge < -0.3 is 5.11 Å². The Labute approximate surface area is 101 Å². The highest BCUT2D eigenvalue weighted by molar-refractivity contribution is 9.10. The monoisotopic (exact) mass is 280 g/mol. The van der Waals surface area contributed by atoms with Gasteiger partial charge in [0, 0.05) is 16.2 Å². The number of aliphatic carboxylic acids is 1. The minimum Gasteiger partial charge on any atom is -0.480 e. The molecule has 1 aromatic carbocycles. The predicted octanol–water partition coefficient (Wildman–Crippen LogP) is 2.40. The number of rotatable bonds is 3. The van der Waals surface area contributed by atoms with Crippen molar-refractivity contribution in [2.24, 2.45) is 0 Å². The molecule has 0 aliphatic heterocycles. The third-order valence-electron chi connectivity index (χ3n) is 2.11. The molecule has 0 saturated heterocycles. The van der Waals surface area contributed by atoms with E-state index in [0.29, 0.717) is 0 Å². The molecule has 1 heterocycles. The van der Waals surface area contributed by atoms with Gasteiger partial charge in [-0.3, -0.25) is 9.48 Å². The first kappa shape index (κ1) is 10.9. The van der Waals surface area contributed by atoms with Crippen molar-refractivity contribution in [2.45, 2.75) is 6.54 Å². The molecule has 4 nitrogen and oxygen atoms in total. The summed E-state index contributed by atoms with van der Waals surface area (Å²) in [6.45, 7) is -0.115. The van der Waals surface area contributed by atoms with Crippen LogP contribution in [0.1, 0.15) is 0 Å². The molecule has 0 bridgehead atoms. The van der Waals surface area contributed by atoms with E-state index in [-0.39, 0.29) is 6.54 Å². The maximum Gasteiger partial charge on any atom is 0.325 e. The van der Waals surface area contributed by atoms with E-state index >= 15 is 0 Å². The highest BCUT2D eigenvalue weighted by Gasteiger charge is 2.04. The van der Waals surface area contributed by atoms with Crippen LogP contribution in [-0.4, -0.2) is 20.9 Å². The predicted molar refractivity (Wildman–Crippen MR) is 63.0 cm³/mol. The summed E-state index contributed by atoms with van der Waals surface area (Å²) in [5, 5.41) is 12.6. The number of hydrogen-bond donors (Lipinski definition) is 1. The molecule has 0 saturated carbocycles. The normalized spacial score (nSPS) is 10.3. The smallest absolute Gasteiger partial charge is 0.325 e. The Morgan fingerprint density at radius 2 is 2.00 bits per heavy atom. The van der Waals surface area contributed by atoms with Crippen molar-refractivity contribution in [1.82, 2.24) is 9.78 Å². The summed E-state index contributed by atoms with van der Waals surface area (Å²) in [5.41, 5.74) is 1.92. The van der Waals surface area contributed by atoms with Crippen molar-refractivity contribution in [2.75, 3.05) is 0 Å². The van der Waals surface area contributed by atoms with Crippen LogP contribution < -0.4 is 0 Å². The second kappa shape index (κ2) is 4.49. The Morgan fingerprint density at radius 1 is 1.31 bits per heavy atom. The first-order chi connectivity index (χ1) is 7.65. The summed E-state index contributed by atoms with van der Waals surface area (Å²) in [5.74, 6) is -0.898. The van der Waals surface area contributed by atoms with Crippen LogP contribution in [-0.2, 0) is 11.3 Å². The topological polar surface area (TPSA) is 55.1 Å².